The van der Waals surface area contributed by atoms with E-state index in [1.165, 1.54) is 39.2 Å². The van der Waals surface area contributed by atoms with Crippen LogP contribution in [0.1, 0.15) is 27.8 Å². The number of hydrogen-bond acceptors (Lipinski definition) is 4. The van der Waals surface area contributed by atoms with Crippen LogP contribution in [0.2, 0.25) is 0 Å². The van der Waals surface area contributed by atoms with Crippen molar-refractivity contribution in [1.29, 1.82) is 0 Å². The van der Waals surface area contributed by atoms with Crippen LogP contribution < -0.4 is 14.5 Å². The Morgan fingerprint density at radius 2 is 1.22 bits per heavy atom. The molecule has 0 aliphatic carbocycles. The quantitative estimate of drug-likeness (QED) is 0.699. The van der Waals surface area contributed by atoms with Crippen molar-refractivity contribution < 1.29 is 9.47 Å². The number of nitrogens with zero attached hydrogens (tertiary/aromatic N) is 2. The third kappa shape index (κ3) is 4.22. The highest BCUT2D eigenvalue weighted by Crippen LogP contribution is 2.34. The molecule has 0 saturated carbocycles. The van der Waals surface area contributed by atoms with E-state index in [1.54, 1.807) is 7.11 Å². The van der Waals surface area contributed by atoms with Crippen LogP contribution in [0.25, 0.3) is 0 Å². The fraction of sp³-hybridized carbons (Fsp3) is 0.478. The van der Waals surface area contributed by atoms with Crippen molar-refractivity contribution in [2.45, 2.75) is 34.6 Å². The Bertz CT molecular complexity index is 770. The summed E-state index contributed by atoms with van der Waals surface area (Å²) >= 11 is 0. The highest BCUT2D eigenvalue weighted by atomic mass is 16.5. The molecule has 1 aliphatic rings. The lowest BCUT2D eigenvalue weighted by molar-refractivity contribution is 0.146. The van der Waals surface area contributed by atoms with Crippen LogP contribution in [0.3, 0.4) is 0 Å². The van der Waals surface area contributed by atoms with Gasteiger partial charge < -0.3 is 19.3 Å². The predicted molar refractivity (Wildman–Crippen MR) is 113 cm³/mol. The predicted octanol–water partition coefficient (Wildman–Crippen LogP) is 4.54. The van der Waals surface area contributed by atoms with Gasteiger partial charge in [0, 0.05) is 31.6 Å². The third-order valence-corrected chi connectivity index (χ3v) is 5.27. The van der Waals surface area contributed by atoms with Gasteiger partial charge in [-0.1, -0.05) is 17.7 Å². The Labute approximate surface area is 163 Å². The smallest absolute Gasteiger partial charge is 0.120 e. The van der Waals surface area contributed by atoms with Gasteiger partial charge in [-0.25, -0.2) is 0 Å². The summed E-state index contributed by atoms with van der Waals surface area (Å²) in [5.41, 5.74) is 9.31. The third-order valence-electron chi connectivity index (χ3n) is 5.27. The highest BCUT2D eigenvalue weighted by molar-refractivity contribution is 5.66. The van der Waals surface area contributed by atoms with Crippen molar-refractivity contribution >= 4 is 11.4 Å². The molecule has 146 valence electrons. The van der Waals surface area contributed by atoms with Crippen molar-refractivity contribution in [2.24, 2.45) is 0 Å². The Morgan fingerprint density at radius 3 is 1.70 bits per heavy atom. The van der Waals surface area contributed by atoms with Gasteiger partial charge in [-0.15, -0.1) is 0 Å². The first-order chi connectivity index (χ1) is 12.9. The Hall–Kier alpha value is -2.20. The van der Waals surface area contributed by atoms with Crippen molar-refractivity contribution in [3.05, 3.63) is 52.1 Å². The molecule has 1 aliphatic heterocycles. The number of aryl methyl sites for hydroxylation is 5. The Morgan fingerprint density at radius 1 is 0.741 bits per heavy atom. The molecule has 1 saturated heterocycles. The highest BCUT2D eigenvalue weighted by Gasteiger charge is 2.25. The molecule has 0 atom stereocenters. The summed E-state index contributed by atoms with van der Waals surface area (Å²) < 4.78 is 10.9. The van der Waals surface area contributed by atoms with E-state index in [-0.39, 0.29) is 0 Å². The second kappa shape index (κ2) is 8.22. The molecule has 0 amide bonds. The lowest BCUT2D eigenvalue weighted by Crippen LogP contribution is -2.27. The van der Waals surface area contributed by atoms with Gasteiger partial charge >= 0.3 is 0 Å². The molecule has 4 nitrogen and oxygen atoms in total. The van der Waals surface area contributed by atoms with Gasteiger partial charge in [0.05, 0.1) is 13.3 Å². The molecule has 0 unspecified atom stereocenters. The van der Waals surface area contributed by atoms with Gasteiger partial charge in [-0.2, -0.15) is 0 Å². The van der Waals surface area contributed by atoms with Crippen molar-refractivity contribution in [2.75, 3.05) is 49.9 Å². The van der Waals surface area contributed by atoms with Crippen molar-refractivity contribution in [3.63, 3.8) is 0 Å². The van der Waals surface area contributed by atoms with E-state index >= 15 is 0 Å². The van der Waals surface area contributed by atoms with Crippen molar-refractivity contribution in [3.8, 4) is 5.75 Å². The van der Waals surface area contributed by atoms with Gasteiger partial charge in [-0.3, -0.25) is 0 Å². The molecule has 2 aromatic rings. The van der Waals surface area contributed by atoms with Gasteiger partial charge in [0.2, 0.25) is 0 Å². The molecular formula is C23H32N2O2. The molecule has 0 radical (unpaired) electrons. The Kier molecular flexibility index (Phi) is 5.95. The molecule has 1 heterocycles. The minimum Gasteiger partial charge on any atom is -0.491 e. The van der Waals surface area contributed by atoms with Crippen LogP contribution in [0, 0.1) is 34.6 Å². The zero-order valence-corrected chi connectivity index (χ0v) is 17.6. The van der Waals surface area contributed by atoms with Gasteiger partial charge in [-0.05, 0) is 69.0 Å². The summed E-state index contributed by atoms with van der Waals surface area (Å²) in [6.45, 7) is 15.2. The first-order valence-electron chi connectivity index (χ1n) is 9.71. The van der Waals surface area contributed by atoms with Crippen molar-refractivity contribution in [1.82, 2.24) is 0 Å². The van der Waals surface area contributed by atoms with E-state index in [9.17, 15) is 0 Å². The summed E-state index contributed by atoms with van der Waals surface area (Å²) in [6, 6.07) is 8.85. The van der Waals surface area contributed by atoms with E-state index in [0.717, 1.165) is 25.5 Å². The first kappa shape index (κ1) is 19.6. The second-order valence-corrected chi connectivity index (χ2v) is 7.66. The first-order valence-corrected chi connectivity index (χ1v) is 9.71. The number of methoxy groups -OCH3 is 1. The molecule has 4 heteroatoms. The largest absolute Gasteiger partial charge is 0.491 e. The SMILES string of the molecule is COCCOc1cc(C)c(N2CCN(c3c(C)cc(C)cc3C)C2)c(C)c1. The fourth-order valence-corrected chi connectivity index (χ4v) is 4.37. The number of anilines is 2. The average molecular weight is 369 g/mol. The molecule has 2 aromatic carbocycles. The van der Waals surface area contributed by atoms with Crippen LogP contribution in [0.5, 0.6) is 5.75 Å². The summed E-state index contributed by atoms with van der Waals surface area (Å²) in [5.74, 6) is 0.923. The molecule has 1 fully saturated rings. The Balaban J connectivity index is 1.79. The zero-order chi connectivity index (χ0) is 19.6. The van der Waals surface area contributed by atoms with Crippen LogP contribution in [-0.2, 0) is 4.74 Å². The fourth-order valence-electron chi connectivity index (χ4n) is 4.37. The molecule has 0 spiro atoms. The number of benzene rings is 2. The van der Waals surface area contributed by atoms with Crippen LogP contribution in [-0.4, -0.2) is 40.1 Å². The molecular weight excluding hydrogens is 336 g/mol. The topological polar surface area (TPSA) is 24.9 Å². The minimum absolute atomic E-state index is 0.582. The van der Waals surface area contributed by atoms with E-state index < -0.39 is 0 Å². The van der Waals surface area contributed by atoms with Crippen LogP contribution in [0.4, 0.5) is 11.4 Å². The van der Waals surface area contributed by atoms with Gasteiger partial charge in [0.25, 0.3) is 0 Å². The number of hydrogen-bond donors (Lipinski definition) is 0. The number of rotatable bonds is 6. The molecule has 0 bridgehead atoms. The maximum atomic E-state index is 5.80. The summed E-state index contributed by atoms with van der Waals surface area (Å²) in [7, 11) is 1.69. The van der Waals surface area contributed by atoms with Gasteiger partial charge in [0.15, 0.2) is 0 Å². The maximum Gasteiger partial charge on any atom is 0.120 e. The normalized spacial score (nSPS) is 14.1. The molecule has 0 aromatic heterocycles. The lowest BCUT2D eigenvalue weighted by atomic mass is 10.0. The van der Waals surface area contributed by atoms with Crippen LogP contribution >= 0.6 is 0 Å². The van der Waals surface area contributed by atoms with Crippen LogP contribution in [0.15, 0.2) is 24.3 Å². The molecule has 27 heavy (non-hydrogen) atoms. The minimum atomic E-state index is 0.582. The second-order valence-electron chi connectivity index (χ2n) is 7.66. The van der Waals surface area contributed by atoms with E-state index in [0.29, 0.717) is 13.2 Å². The molecule has 3 rings (SSSR count). The summed E-state index contributed by atoms with van der Waals surface area (Å²) in [6.07, 6.45) is 0. The van der Waals surface area contributed by atoms with E-state index in [1.807, 2.05) is 0 Å². The maximum absolute atomic E-state index is 5.80. The number of ether oxygens (including phenoxy) is 2. The summed E-state index contributed by atoms with van der Waals surface area (Å²) in [4.78, 5) is 4.99. The van der Waals surface area contributed by atoms with E-state index in [2.05, 4.69) is 68.7 Å². The monoisotopic (exact) mass is 368 g/mol. The summed E-state index contributed by atoms with van der Waals surface area (Å²) in [5, 5.41) is 0. The van der Waals surface area contributed by atoms with Gasteiger partial charge in [0.1, 0.15) is 12.4 Å². The average Bonchev–Trinajstić information content (AvgIpc) is 3.02. The zero-order valence-electron chi connectivity index (χ0n) is 17.6. The lowest BCUT2D eigenvalue weighted by Gasteiger charge is -2.27. The standard InChI is InChI=1S/C23H32N2O2/c1-16-11-17(2)22(18(3)12-16)24-7-8-25(15-24)23-19(4)13-21(14-20(23)5)27-10-9-26-6/h11-14H,7-10,15H2,1-6H3. The molecule has 0 N–H and O–H groups in total. The van der Waals surface area contributed by atoms with E-state index in [4.69, 9.17) is 9.47 Å².